The topological polar surface area (TPSA) is 77.6 Å². The molecular weight excluding hydrogens is 546 g/mol. The number of aryl methyl sites for hydroxylation is 3. The number of likely N-dealkylation sites (N-methyl/N-ethyl adjacent to an activating group) is 1. The summed E-state index contributed by atoms with van der Waals surface area (Å²) in [5, 5.41) is 5.99. The molecule has 2 N–H and O–H groups in total. The summed E-state index contributed by atoms with van der Waals surface area (Å²) in [6.45, 7) is 5.36. The Hall–Kier alpha value is -4.49. The first-order valence-corrected chi connectivity index (χ1v) is 15.5. The van der Waals surface area contributed by atoms with Gasteiger partial charge in [0.25, 0.3) is 0 Å². The Labute approximate surface area is 261 Å². The Balaban J connectivity index is 1.12. The van der Waals surface area contributed by atoms with Crippen LogP contribution in [-0.2, 0) is 29.6 Å². The van der Waals surface area contributed by atoms with Crippen molar-refractivity contribution in [2.45, 2.75) is 44.6 Å². The highest BCUT2D eigenvalue weighted by molar-refractivity contribution is 5.89. The number of hydrogen-bond acceptors (Lipinski definition) is 4. The zero-order chi connectivity index (χ0) is 30.8. The summed E-state index contributed by atoms with van der Waals surface area (Å²) in [6.07, 6.45) is 3.19. The molecule has 228 valence electrons. The highest BCUT2D eigenvalue weighted by Gasteiger charge is 2.44. The molecule has 2 heterocycles. The van der Waals surface area contributed by atoms with Crippen molar-refractivity contribution in [2.75, 3.05) is 38.5 Å². The van der Waals surface area contributed by atoms with E-state index in [4.69, 9.17) is 0 Å². The number of carbonyl (C=O) groups is 2. The van der Waals surface area contributed by atoms with Crippen LogP contribution in [0, 0.1) is 6.92 Å². The van der Waals surface area contributed by atoms with Crippen LogP contribution in [0.3, 0.4) is 0 Å². The van der Waals surface area contributed by atoms with Crippen molar-refractivity contribution in [1.82, 2.24) is 20.1 Å². The lowest BCUT2D eigenvalue weighted by atomic mass is 9.71. The number of aromatic nitrogens is 1. The molecule has 4 aromatic rings. The summed E-state index contributed by atoms with van der Waals surface area (Å²) in [6, 6.07) is 34.3. The molecule has 3 amide bonds. The van der Waals surface area contributed by atoms with Crippen LogP contribution in [0.15, 0.2) is 103 Å². The summed E-state index contributed by atoms with van der Waals surface area (Å²) in [5.74, 6) is 0.167. The van der Waals surface area contributed by atoms with Gasteiger partial charge in [0.15, 0.2) is 0 Å². The number of nitrogens with one attached hydrogen (secondary N) is 2. The largest absolute Gasteiger partial charge is 0.341 e. The third kappa shape index (κ3) is 8.11. The number of nitrogens with zero attached hydrogens (tertiary/aromatic N) is 3. The molecule has 5 rings (SSSR count). The number of rotatable bonds is 11. The SMILES string of the molecule is Cc1cc(NC(=O)NCCN2CCC(C(=O)N(C)Cc3ccccc3)(c3ccccc3)CC2)cc(CCc2ccccc2)n1. The van der Waals surface area contributed by atoms with Crippen molar-refractivity contribution in [2.24, 2.45) is 0 Å². The third-order valence-corrected chi connectivity index (χ3v) is 8.55. The summed E-state index contributed by atoms with van der Waals surface area (Å²) in [4.78, 5) is 35.6. The lowest BCUT2D eigenvalue weighted by Crippen LogP contribution is -2.52. The van der Waals surface area contributed by atoms with Gasteiger partial charge in [0, 0.05) is 43.8 Å². The van der Waals surface area contributed by atoms with E-state index in [1.165, 1.54) is 5.56 Å². The monoisotopic (exact) mass is 589 g/mol. The quantitative estimate of drug-likeness (QED) is 0.225. The number of hydrogen-bond donors (Lipinski definition) is 2. The van der Waals surface area contributed by atoms with Crippen LogP contribution in [0.2, 0.25) is 0 Å². The number of anilines is 1. The molecule has 0 atom stereocenters. The molecule has 0 radical (unpaired) electrons. The highest BCUT2D eigenvalue weighted by Crippen LogP contribution is 2.37. The lowest BCUT2D eigenvalue weighted by molar-refractivity contribution is -0.138. The Kier molecular flexibility index (Phi) is 10.4. The normalized spacial score (nSPS) is 14.5. The molecule has 1 fully saturated rings. The van der Waals surface area contributed by atoms with E-state index < -0.39 is 5.41 Å². The molecule has 7 heteroatoms. The standard InChI is InChI=1S/C37H43N5O2/c1-29-26-34(27-33(39-29)19-18-30-12-6-3-7-13-30)40-36(44)38-22-25-42-23-20-37(21-24-42,32-16-10-5-11-17-32)35(43)41(2)28-31-14-8-4-9-15-31/h3-17,26-27H,18-25,28H2,1-2H3,(H2,38,39,40,44). The Morgan fingerprint density at radius 2 is 1.45 bits per heavy atom. The minimum atomic E-state index is -0.552. The first kappa shape index (κ1) is 31.0. The third-order valence-electron chi connectivity index (χ3n) is 8.55. The second-order valence-corrected chi connectivity index (χ2v) is 11.8. The van der Waals surface area contributed by atoms with E-state index in [-0.39, 0.29) is 11.9 Å². The average Bonchev–Trinajstić information content (AvgIpc) is 3.05. The maximum Gasteiger partial charge on any atom is 0.319 e. The summed E-state index contributed by atoms with van der Waals surface area (Å²) >= 11 is 0. The van der Waals surface area contributed by atoms with E-state index in [0.717, 1.165) is 73.5 Å². The Morgan fingerprint density at radius 1 is 0.841 bits per heavy atom. The average molecular weight is 590 g/mol. The van der Waals surface area contributed by atoms with Gasteiger partial charge in [0.2, 0.25) is 5.91 Å². The van der Waals surface area contributed by atoms with Gasteiger partial charge in [-0.25, -0.2) is 4.79 Å². The predicted octanol–water partition coefficient (Wildman–Crippen LogP) is 5.99. The van der Waals surface area contributed by atoms with E-state index in [0.29, 0.717) is 13.1 Å². The van der Waals surface area contributed by atoms with Crippen molar-refractivity contribution >= 4 is 17.6 Å². The summed E-state index contributed by atoms with van der Waals surface area (Å²) < 4.78 is 0. The van der Waals surface area contributed by atoms with Gasteiger partial charge in [-0.1, -0.05) is 91.0 Å². The smallest absolute Gasteiger partial charge is 0.319 e. The fourth-order valence-electron chi connectivity index (χ4n) is 6.19. The molecule has 0 unspecified atom stereocenters. The molecule has 0 aliphatic carbocycles. The highest BCUT2D eigenvalue weighted by atomic mass is 16.2. The van der Waals surface area contributed by atoms with Gasteiger partial charge >= 0.3 is 6.03 Å². The summed E-state index contributed by atoms with van der Waals surface area (Å²) in [5.41, 5.74) is 5.51. The zero-order valence-electron chi connectivity index (χ0n) is 25.8. The number of carbonyl (C=O) groups excluding carboxylic acids is 2. The van der Waals surface area contributed by atoms with Crippen LogP contribution in [0.5, 0.6) is 0 Å². The number of piperidine rings is 1. The Morgan fingerprint density at radius 3 is 2.11 bits per heavy atom. The Bertz CT molecular complexity index is 1500. The molecule has 1 aliphatic heterocycles. The van der Waals surface area contributed by atoms with Crippen LogP contribution in [0.25, 0.3) is 0 Å². The molecule has 1 aliphatic rings. The number of amides is 3. The maximum absolute atomic E-state index is 14.0. The molecule has 0 bridgehead atoms. The maximum atomic E-state index is 14.0. The van der Waals surface area contributed by atoms with E-state index in [9.17, 15) is 9.59 Å². The molecule has 3 aromatic carbocycles. The van der Waals surface area contributed by atoms with Gasteiger partial charge in [0.1, 0.15) is 0 Å². The molecule has 0 saturated carbocycles. The fraction of sp³-hybridized carbons (Fsp3) is 0.324. The molecular formula is C37H43N5O2. The predicted molar refractivity (Wildman–Crippen MR) is 177 cm³/mol. The van der Waals surface area contributed by atoms with Crippen LogP contribution >= 0.6 is 0 Å². The first-order chi connectivity index (χ1) is 21.4. The van der Waals surface area contributed by atoms with Crippen molar-refractivity contribution < 1.29 is 9.59 Å². The van der Waals surface area contributed by atoms with Crippen molar-refractivity contribution in [1.29, 1.82) is 0 Å². The minimum Gasteiger partial charge on any atom is -0.341 e. The van der Waals surface area contributed by atoms with Gasteiger partial charge in [-0.05, 0) is 74.5 Å². The van der Waals surface area contributed by atoms with Crippen molar-refractivity contribution in [3.8, 4) is 0 Å². The zero-order valence-corrected chi connectivity index (χ0v) is 25.8. The minimum absolute atomic E-state index is 0.167. The molecule has 0 spiro atoms. The lowest BCUT2D eigenvalue weighted by Gasteiger charge is -2.43. The van der Waals surface area contributed by atoms with E-state index in [1.807, 2.05) is 85.6 Å². The van der Waals surface area contributed by atoms with Crippen LogP contribution in [0.1, 0.15) is 40.9 Å². The second-order valence-electron chi connectivity index (χ2n) is 11.8. The fourth-order valence-corrected chi connectivity index (χ4v) is 6.19. The summed E-state index contributed by atoms with van der Waals surface area (Å²) in [7, 11) is 1.91. The van der Waals surface area contributed by atoms with E-state index >= 15 is 0 Å². The van der Waals surface area contributed by atoms with Crippen LogP contribution in [-0.4, -0.2) is 59.9 Å². The number of benzene rings is 3. The van der Waals surface area contributed by atoms with Gasteiger partial charge < -0.3 is 20.4 Å². The van der Waals surface area contributed by atoms with Crippen molar-refractivity contribution in [3.63, 3.8) is 0 Å². The molecule has 1 saturated heterocycles. The van der Waals surface area contributed by atoms with Crippen molar-refractivity contribution in [3.05, 3.63) is 131 Å². The van der Waals surface area contributed by atoms with Gasteiger partial charge in [0.05, 0.1) is 5.41 Å². The molecule has 7 nitrogen and oxygen atoms in total. The second kappa shape index (κ2) is 14.8. The number of urea groups is 1. The van der Waals surface area contributed by atoms with E-state index in [1.54, 1.807) is 0 Å². The molecule has 1 aromatic heterocycles. The van der Waals surface area contributed by atoms with Crippen LogP contribution < -0.4 is 10.6 Å². The number of likely N-dealkylation sites (tertiary alicyclic amines) is 1. The van der Waals surface area contributed by atoms with Gasteiger partial charge in [-0.15, -0.1) is 0 Å². The van der Waals surface area contributed by atoms with Crippen LogP contribution in [0.4, 0.5) is 10.5 Å². The van der Waals surface area contributed by atoms with Gasteiger partial charge in [-0.2, -0.15) is 0 Å². The van der Waals surface area contributed by atoms with Gasteiger partial charge in [-0.3, -0.25) is 9.78 Å². The van der Waals surface area contributed by atoms with E-state index in [2.05, 4.69) is 56.9 Å². The first-order valence-electron chi connectivity index (χ1n) is 15.5. The number of pyridine rings is 1. The molecule has 44 heavy (non-hydrogen) atoms.